The summed E-state index contributed by atoms with van der Waals surface area (Å²) >= 11 is 0. The Bertz CT molecular complexity index is 387. The second-order valence-electron chi connectivity index (χ2n) is 5.07. The van der Waals surface area contributed by atoms with Crippen LogP contribution < -0.4 is 16.4 Å². The third kappa shape index (κ3) is 4.91. The molecular formula is C15H25N3O. The van der Waals surface area contributed by atoms with Crippen LogP contribution in [0.25, 0.3) is 0 Å². The van der Waals surface area contributed by atoms with Crippen LogP contribution in [0.5, 0.6) is 0 Å². The van der Waals surface area contributed by atoms with Gasteiger partial charge in [0.15, 0.2) is 0 Å². The molecule has 2 amide bonds. The quantitative estimate of drug-likeness (QED) is 0.742. The maximum Gasteiger partial charge on any atom is 0.319 e. The van der Waals surface area contributed by atoms with Crippen molar-refractivity contribution in [3.05, 3.63) is 29.8 Å². The van der Waals surface area contributed by atoms with Crippen molar-refractivity contribution in [2.45, 2.75) is 45.6 Å². The van der Waals surface area contributed by atoms with Crippen LogP contribution in [0.2, 0.25) is 0 Å². The Balaban J connectivity index is 2.62. The highest BCUT2D eigenvalue weighted by Gasteiger charge is 2.15. The molecule has 0 fully saturated rings. The number of anilines is 1. The molecule has 1 aromatic rings. The van der Waals surface area contributed by atoms with Gasteiger partial charge in [0, 0.05) is 11.7 Å². The minimum Gasteiger partial charge on any atom is -0.351 e. The van der Waals surface area contributed by atoms with E-state index in [2.05, 4.69) is 12.1 Å². The first-order valence-corrected chi connectivity index (χ1v) is 6.94. The van der Waals surface area contributed by atoms with Gasteiger partial charge < -0.3 is 11.5 Å². The van der Waals surface area contributed by atoms with Gasteiger partial charge in [0.2, 0.25) is 0 Å². The van der Waals surface area contributed by atoms with Crippen LogP contribution >= 0.6 is 0 Å². The van der Waals surface area contributed by atoms with Crippen molar-refractivity contribution < 1.29 is 4.79 Å². The van der Waals surface area contributed by atoms with E-state index in [1.165, 1.54) is 5.56 Å². The molecule has 0 atom stereocenters. The average molecular weight is 263 g/mol. The molecule has 0 aliphatic carbocycles. The molecule has 0 aliphatic rings. The summed E-state index contributed by atoms with van der Waals surface area (Å²) in [5.41, 5.74) is 13.0. The zero-order valence-electron chi connectivity index (χ0n) is 11.9. The molecule has 4 nitrogen and oxygen atoms in total. The molecule has 0 saturated heterocycles. The van der Waals surface area contributed by atoms with Gasteiger partial charge in [-0.2, -0.15) is 0 Å². The number of nitrogens with two attached hydrogens (primary N) is 2. The minimum atomic E-state index is -0.411. The van der Waals surface area contributed by atoms with Crippen molar-refractivity contribution in [2.75, 3.05) is 11.4 Å². The Kier molecular flexibility index (Phi) is 6.36. The van der Waals surface area contributed by atoms with Crippen LogP contribution in [0.3, 0.4) is 0 Å². The minimum absolute atomic E-state index is 0.0629. The van der Waals surface area contributed by atoms with Gasteiger partial charge in [-0.25, -0.2) is 4.79 Å². The third-order valence-corrected chi connectivity index (χ3v) is 3.14. The second-order valence-corrected chi connectivity index (χ2v) is 5.07. The number of urea groups is 1. The van der Waals surface area contributed by atoms with Gasteiger partial charge in [0.25, 0.3) is 0 Å². The smallest absolute Gasteiger partial charge is 0.319 e. The summed E-state index contributed by atoms with van der Waals surface area (Å²) in [6.45, 7) is 4.66. The van der Waals surface area contributed by atoms with Crippen LogP contribution in [-0.4, -0.2) is 18.6 Å². The first kappa shape index (κ1) is 15.5. The number of unbranched alkanes of at least 4 members (excludes halogenated alkanes) is 2. The van der Waals surface area contributed by atoms with Gasteiger partial charge in [-0.1, -0.05) is 18.6 Å². The number of primary amides is 1. The number of hydrogen-bond acceptors (Lipinski definition) is 2. The first-order valence-electron chi connectivity index (χ1n) is 6.94. The highest BCUT2D eigenvalue weighted by atomic mass is 16.2. The van der Waals surface area contributed by atoms with E-state index in [1.54, 1.807) is 4.90 Å². The Hall–Kier alpha value is -1.55. The number of carbonyl (C=O) groups excluding carboxylic acids is 1. The van der Waals surface area contributed by atoms with E-state index in [1.807, 2.05) is 26.0 Å². The molecule has 0 bridgehead atoms. The van der Waals surface area contributed by atoms with E-state index in [-0.39, 0.29) is 6.04 Å². The Morgan fingerprint density at radius 3 is 2.26 bits per heavy atom. The van der Waals surface area contributed by atoms with Crippen molar-refractivity contribution in [2.24, 2.45) is 11.5 Å². The number of benzene rings is 1. The fourth-order valence-corrected chi connectivity index (χ4v) is 2.15. The van der Waals surface area contributed by atoms with E-state index in [0.717, 1.165) is 37.9 Å². The number of hydrogen-bond donors (Lipinski definition) is 2. The van der Waals surface area contributed by atoms with Crippen molar-refractivity contribution in [3.63, 3.8) is 0 Å². The van der Waals surface area contributed by atoms with Crippen molar-refractivity contribution in [1.82, 2.24) is 0 Å². The fourth-order valence-electron chi connectivity index (χ4n) is 2.15. The summed E-state index contributed by atoms with van der Waals surface area (Å²) < 4.78 is 0. The lowest BCUT2D eigenvalue weighted by molar-refractivity contribution is 0.252. The highest BCUT2D eigenvalue weighted by Crippen LogP contribution is 2.18. The molecule has 4 heteroatoms. The normalized spacial score (nSPS) is 10.7. The predicted octanol–water partition coefficient (Wildman–Crippen LogP) is 2.65. The maximum absolute atomic E-state index is 11.4. The Morgan fingerprint density at radius 2 is 1.79 bits per heavy atom. The maximum atomic E-state index is 11.4. The molecule has 0 aromatic heterocycles. The molecule has 19 heavy (non-hydrogen) atoms. The van der Waals surface area contributed by atoms with Crippen LogP contribution in [0, 0.1) is 0 Å². The van der Waals surface area contributed by atoms with Gasteiger partial charge in [-0.15, -0.1) is 0 Å². The Morgan fingerprint density at radius 1 is 1.16 bits per heavy atom. The standard InChI is InChI=1S/C15H25N3O/c1-12(2)18(15(17)19)14-9-7-13(8-10-14)6-4-3-5-11-16/h7-10,12H,3-6,11,16H2,1-2H3,(H2,17,19). The van der Waals surface area contributed by atoms with Crippen LogP contribution in [0.15, 0.2) is 24.3 Å². The van der Waals surface area contributed by atoms with Crippen molar-refractivity contribution in [1.29, 1.82) is 0 Å². The van der Waals surface area contributed by atoms with E-state index in [0.29, 0.717) is 0 Å². The molecule has 0 unspecified atom stereocenters. The molecule has 1 rings (SSSR count). The zero-order valence-corrected chi connectivity index (χ0v) is 11.9. The lowest BCUT2D eigenvalue weighted by atomic mass is 10.1. The molecule has 0 aliphatic heterocycles. The zero-order chi connectivity index (χ0) is 14.3. The van der Waals surface area contributed by atoms with Crippen LogP contribution in [-0.2, 0) is 6.42 Å². The lowest BCUT2D eigenvalue weighted by Gasteiger charge is -2.24. The van der Waals surface area contributed by atoms with Gasteiger partial charge in [-0.05, 0) is 57.4 Å². The van der Waals surface area contributed by atoms with E-state index in [9.17, 15) is 4.79 Å². The summed E-state index contributed by atoms with van der Waals surface area (Å²) in [5.74, 6) is 0. The van der Waals surface area contributed by atoms with Crippen LogP contribution in [0.4, 0.5) is 10.5 Å². The van der Waals surface area contributed by atoms with Crippen LogP contribution in [0.1, 0.15) is 38.7 Å². The summed E-state index contributed by atoms with van der Waals surface area (Å²) in [6, 6.07) is 7.71. The SMILES string of the molecule is CC(C)N(C(N)=O)c1ccc(CCCCCN)cc1. The number of aryl methyl sites for hydroxylation is 1. The second kappa shape index (κ2) is 7.79. The number of amides is 2. The van der Waals surface area contributed by atoms with Crippen molar-refractivity contribution >= 4 is 11.7 Å². The Labute approximate surface area is 115 Å². The van der Waals surface area contributed by atoms with Gasteiger partial charge in [0.1, 0.15) is 0 Å². The molecule has 0 radical (unpaired) electrons. The van der Waals surface area contributed by atoms with Gasteiger partial charge in [0.05, 0.1) is 0 Å². The number of rotatable bonds is 7. The van der Waals surface area contributed by atoms with E-state index >= 15 is 0 Å². The lowest BCUT2D eigenvalue weighted by Crippen LogP contribution is -2.40. The molecule has 4 N–H and O–H groups in total. The summed E-state index contributed by atoms with van der Waals surface area (Å²) in [4.78, 5) is 13.0. The highest BCUT2D eigenvalue weighted by molar-refractivity contribution is 5.91. The first-order chi connectivity index (χ1) is 9.06. The van der Waals surface area contributed by atoms with Crippen molar-refractivity contribution in [3.8, 4) is 0 Å². The molecule has 1 aromatic carbocycles. The topological polar surface area (TPSA) is 72.3 Å². The summed E-state index contributed by atoms with van der Waals surface area (Å²) in [5, 5.41) is 0. The predicted molar refractivity (Wildman–Crippen MR) is 80.2 cm³/mol. The number of carbonyl (C=O) groups is 1. The molecule has 0 spiro atoms. The van der Waals surface area contributed by atoms with Gasteiger partial charge in [-0.3, -0.25) is 4.90 Å². The number of nitrogens with zero attached hydrogens (tertiary/aromatic N) is 1. The van der Waals surface area contributed by atoms with E-state index < -0.39 is 6.03 Å². The fraction of sp³-hybridized carbons (Fsp3) is 0.533. The third-order valence-electron chi connectivity index (χ3n) is 3.14. The molecule has 106 valence electrons. The molecule has 0 heterocycles. The molecular weight excluding hydrogens is 238 g/mol. The van der Waals surface area contributed by atoms with E-state index in [4.69, 9.17) is 11.5 Å². The molecule has 0 saturated carbocycles. The average Bonchev–Trinajstić information content (AvgIpc) is 2.35. The van der Waals surface area contributed by atoms with Gasteiger partial charge >= 0.3 is 6.03 Å². The summed E-state index contributed by atoms with van der Waals surface area (Å²) in [6.07, 6.45) is 4.46. The largest absolute Gasteiger partial charge is 0.351 e. The summed E-state index contributed by atoms with van der Waals surface area (Å²) in [7, 11) is 0. The monoisotopic (exact) mass is 263 g/mol.